The molecule has 0 aliphatic carbocycles. The van der Waals surface area contributed by atoms with Gasteiger partial charge in [-0.05, 0) is 18.2 Å². The van der Waals surface area contributed by atoms with Gasteiger partial charge in [-0.15, -0.1) is 0 Å². The number of anilines is 1. The molecule has 1 saturated heterocycles. The number of aromatic nitrogens is 3. The molecule has 0 N–H and O–H groups in total. The lowest BCUT2D eigenvalue weighted by Crippen LogP contribution is -2.34. The first kappa shape index (κ1) is 11.4. The van der Waals surface area contributed by atoms with Gasteiger partial charge in [0, 0.05) is 32.1 Å². The van der Waals surface area contributed by atoms with E-state index in [1.54, 1.807) is 0 Å². The highest BCUT2D eigenvalue weighted by Gasteiger charge is 2.18. The number of carbonyl (C=O) groups is 1. The van der Waals surface area contributed by atoms with Gasteiger partial charge >= 0.3 is 0 Å². The largest absolute Gasteiger partial charge is 0.356 e. The van der Waals surface area contributed by atoms with E-state index in [2.05, 4.69) is 14.9 Å². The van der Waals surface area contributed by atoms with E-state index in [1.165, 1.54) is 0 Å². The summed E-state index contributed by atoms with van der Waals surface area (Å²) in [6.45, 7) is 1.50. The Morgan fingerprint density at radius 1 is 1.00 bits per heavy atom. The maximum atomic E-state index is 11.3. The molecular weight excluding hydrogens is 252 g/mol. The predicted molar refractivity (Wildman–Crippen MR) is 76.9 cm³/mol. The van der Waals surface area contributed by atoms with Crippen molar-refractivity contribution >= 4 is 28.4 Å². The second-order valence-corrected chi connectivity index (χ2v) is 5.08. The summed E-state index contributed by atoms with van der Waals surface area (Å²) in [4.78, 5) is 22.6. The summed E-state index contributed by atoms with van der Waals surface area (Å²) in [5, 5.41) is 0. The van der Waals surface area contributed by atoms with Crippen molar-refractivity contribution in [3.63, 3.8) is 0 Å². The summed E-state index contributed by atoms with van der Waals surface area (Å²) < 4.78 is 1.99. The second-order valence-electron chi connectivity index (χ2n) is 5.08. The van der Waals surface area contributed by atoms with Crippen LogP contribution >= 0.6 is 0 Å². The van der Waals surface area contributed by atoms with Gasteiger partial charge in [-0.1, -0.05) is 12.1 Å². The van der Waals surface area contributed by atoms with E-state index in [0.29, 0.717) is 24.4 Å². The average molecular weight is 266 g/mol. The smallest absolute Gasteiger partial charge is 0.236 e. The first-order valence-corrected chi connectivity index (χ1v) is 6.82. The number of ketones is 1. The number of para-hydroxylation sites is 2. The molecule has 0 spiro atoms. The van der Waals surface area contributed by atoms with Gasteiger partial charge < -0.3 is 4.90 Å². The molecular formula is C15H14N4O. The number of piperidine rings is 1. The van der Waals surface area contributed by atoms with E-state index in [9.17, 15) is 4.79 Å². The van der Waals surface area contributed by atoms with Crippen molar-refractivity contribution in [1.29, 1.82) is 0 Å². The molecule has 1 aliphatic heterocycles. The zero-order valence-electron chi connectivity index (χ0n) is 11.0. The van der Waals surface area contributed by atoms with Crippen molar-refractivity contribution in [2.75, 3.05) is 18.0 Å². The first-order valence-electron chi connectivity index (χ1n) is 6.82. The van der Waals surface area contributed by atoms with E-state index in [0.717, 1.165) is 29.9 Å². The summed E-state index contributed by atoms with van der Waals surface area (Å²) in [5.41, 5.74) is 2.02. The predicted octanol–water partition coefficient (Wildman–Crippen LogP) is 2.05. The van der Waals surface area contributed by atoms with Crippen LogP contribution in [0.5, 0.6) is 0 Å². The van der Waals surface area contributed by atoms with Gasteiger partial charge in [0.1, 0.15) is 11.6 Å². The van der Waals surface area contributed by atoms with Gasteiger partial charge in [-0.3, -0.25) is 9.20 Å². The number of hydrogen-bond acceptors (Lipinski definition) is 4. The molecule has 2 aromatic heterocycles. The Balaban J connectivity index is 1.78. The Kier molecular flexibility index (Phi) is 2.45. The normalized spacial score (nSPS) is 16.2. The lowest BCUT2D eigenvalue weighted by molar-refractivity contribution is -0.119. The highest BCUT2D eigenvalue weighted by molar-refractivity contribution is 5.81. The van der Waals surface area contributed by atoms with Crippen molar-refractivity contribution in [2.45, 2.75) is 12.8 Å². The zero-order valence-corrected chi connectivity index (χ0v) is 11.0. The van der Waals surface area contributed by atoms with Crippen LogP contribution in [0.3, 0.4) is 0 Å². The lowest BCUT2D eigenvalue weighted by atomic mass is 10.1. The lowest BCUT2D eigenvalue weighted by Gasteiger charge is -2.26. The first-order chi connectivity index (χ1) is 9.81. The molecule has 1 aliphatic rings. The number of imidazole rings is 1. The van der Waals surface area contributed by atoms with E-state index in [4.69, 9.17) is 0 Å². The maximum Gasteiger partial charge on any atom is 0.236 e. The monoisotopic (exact) mass is 266 g/mol. The van der Waals surface area contributed by atoms with Gasteiger partial charge in [0.25, 0.3) is 0 Å². The van der Waals surface area contributed by atoms with Crippen LogP contribution in [-0.4, -0.2) is 33.2 Å². The van der Waals surface area contributed by atoms with Crippen LogP contribution in [0, 0.1) is 0 Å². The molecule has 0 radical (unpaired) electrons. The third-order valence-corrected chi connectivity index (χ3v) is 3.81. The Morgan fingerprint density at radius 2 is 1.80 bits per heavy atom. The molecule has 0 amide bonds. The van der Waals surface area contributed by atoms with Gasteiger partial charge in [0.15, 0.2) is 0 Å². The second kappa shape index (κ2) is 4.30. The molecule has 1 aromatic carbocycles. The number of hydrogen-bond donors (Lipinski definition) is 0. The van der Waals surface area contributed by atoms with Crippen LogP contribution < -0.4 is 4.90 Å². The van der Waals surface area contributed by atoms with Crippen molar-refractivity contribution in [2.24, 2.45) is 0 Å². The number of Topliss-reactive ketones (excluding diaryl/α,β-unsaturated/α-hetero) is 1. The minimum Gasteiger partial charge on any atom is -0.356 e. The van der Waals surface area contributed by atoms with Crippen molar-refractivity contribution in [3.05, 3.63) is 36.5 Å². The summed E-state index contributed by atoms with van der Waals surface area (Å²) in [6.07, 6.45) is 3.23. The third kappa shape index (κ3) is 1.74. The Hall–Kier alpha value is -2.43. The molecule has 4 rings (SSSR count). The minimum atomic E-state index is 0.342. The molecule has 5 nitrogen and oxygen atoms in total. The molecule has 1 fully saturated rings. The summed E-state index contributed by atoms with van der Waals surface area (Å²) >= 11 is 0. The molecule has 3 aromatic rings. The highest BCUT2D eigenvalue weighted by Crippen LogP contribution is 2.20. The van der Waals surface area contributed by atoms with Crippen molar-refractivity contribution in [1.82, 2.24) is 14.4 Å². The average Bonchev–Trinajstić information content (AvgIpc) is 2.85. The standard InChI is InChI=1S/C15H14N4O/c20-11-5-8-18(9-6-11)14-7-10-19-13-4-2-1-3-12(13)16-15(19)17-14/h1-4,7,10H,5-6,8-9H2. The van der Waals surface area contributed by atoms with Gasteiger partial charge in [0.2, 0.25) is 5.78 Å². The van der Waals surface area contributed by atoms with Crippen LogP contribution in [0.25, 0.3) is 16.8 Å². The zero-order chi connectivity index (χ0) is 13.5. The highest BCUT2D eigenvalue weighted by atomic mass is 16.1. The third-order valence-electron chi connectivity index (χ3n) is 3.81. The fourth-order valence-corrected chi connectivity index (χ4v) is 2.70. The van der Waals surface area contributed by atoms with Crippen molar-refractivity contribution in [3.8, 4) is 0 Å². The quantitative estimate of drug-likeness (QED) is 0.676. The van der Waals surface area contributed by atoms with Gasteiger partial charge in [-0.2, -0.15) is 4.98 Å². The number of carbonyl (C=O) groups excluding carboxylic acids is 1. The van der Waals surface area contributed by atoms with Crippen LogP contribution in [0.1, 0.15) is 12.8 Å². The number of nitrogens with zero attached hydrogens (tertiary/aromatic N) is 4. The van der Waals surface area contributed by atoms with Gasteiger partial charge in [0.05, 0.1) is 11.0 Å². The Bertz CT molecular complexity index is 798. The summed E-state index contributed by atoms with van der Waals surface area (Å²) in [6, 6.07) is 10.0. The molecule has 0 unspecified atom stereocenters. The molecule has 0 saturated carbocycles. The van der Waals surface area contributed by atoms with Gasteiger partial charge in [-0.25, -0.2) is 4.98 Å². The fourth-order valence-electron chi connectivity index (χ4n) is 2.70. The SMILES string of the molecule is O=C1CCN(c2ccn3c(n2)nc2ccccc23)CC1. The topological polar surface area (TPSA) is 50.5 Å². The Morgan fingerprint density at radius 3 is 2.65 bits per heavy atom. The molecule has 3 heterocycles. The number of rotatable bonds is 1. The van der Waals surface area contributed by atoms with E-state index in [-0.39, 0.29) is 0 Å². The molecule has 5 heteroatoms. The molecule has 20 heavy (non-hydrogen) atoms. The molecule has 0 bridgehead atoms. The van der Waals surface area contributed by atoms with E-state index < -0.39 is 0 Å². The molecule has 100 valence electrons. The van der Waals surface area contributed by atoms with Crippen LogP contribution in [0.4, 0.5) is 5.82 Å². The van der Waals surface area contributed by atoms with E-state index >= 15 is 0 Å². The maximum absolute atomic E-state index is 11.3. The van der Waals surface area contributed by atoms with Crippen LogP contribution in [0.2, 0.25) is 0 Å². The summed E-state index contributed by atoms with van der Waals surface area (Å²) in [5.74, 6) is 1.95. The number of fused-ring (bicyclic) bond motifs is 3. The fraction of sp³-hybridized carbons (Fsp3) is 0.267. The summed E-state index contributed by atoms with van der Waals surface area (Å²) in [7, 11) is 0. The van der Waals surface area contributed by atoms with Crippen LogP contribution in [0.15, 0.2) is 36.5 Å². The molecule has 0 atom stereocenters. The van der Waals surface area contributed by atoms with E-state index in [1.807, 2.05) is 40.9 Å². The Labute approximate surface area is 115 Å². The number of benzene rings is 1. The van der Waals surface area contributed by atoms with Crippen molar-refractivity contribution < 1.29 is 4.79 Å². The minimum absolute atomic E-state index is 0.342. The van der Waals surface area contributed by atoms with Crippen LogP contribution in [-0.2, 0) is 4.79 Å².